The van der Waals surface area contributed by atoms with E-state index >= 15 is 0 Å². The van der Waals surface area contributed by atoms with Gasteiger partial charge in [-0.2, -0.15) is 0 Å². The molecule has 104 heavy (non-hydrogen) atoms. The molecule has 0 aliphatic carbocycles. The van der Waals surface area contributed by atoms with Crippen LogP contribution in [0.15, 0.2) is 369 Å². The van der Waals surface area contributed by atoms with Gasteiger partial charge in [0.15, 0.2) is 0 Å². The molecule has 488 valence electrons. The van der Waals surface area contributed by atoms with Crippen LogP contribution >= 0.6 is 0 Å². The van der Waals surface area contributed by atoms with Crippen LogP contribution in [0.3, 0.4) is 0 Å². The van der Waals surface area contributed by atoms with Crippen LogP contribution in [-0.4, -0.2) is 14.8 Å². The highest BCUT2D eigenvalue weighted by Crippen LogP contribution is 2.50. The summed E-state index contributed by atoms with van der Waals surface area (Å²) in [4.78, 5) is 5.93. The predicted molar refractivity (Wildman–Crippen MR) is 439 cm³/mol. The normalized spacial score (nSPS) is 14.9. The highest BCUT2D eigenvalue weighted by molar-refractivity contribution is 6.30. The minimum absolute atomic E-state index is 0.108. The van der Waals surface area contributed by atoms with Gasteiger partial charge < -0.3 is 25.1 Å². The molecule has 6 heteroatoms. The van der Waals surface area contributed by atoms with Gasteiger partial charge in [-0.3, -0.25) is 0 Å². The molecular weight excluding hydrogens is 1260 g/mol. The molecule has 0 spiro atoms. The molecule has 2 aliphatic heterocycles. The van der Waals surface area contributed by atoms with Gasteiger partial charge in [-0.1, -0.05) is 297 Å². The summed E-state index contributed by atoms with van der Waals surface area (Å²) in [7, 11) is 0. The third-order valence-electron chi connectivity index (χ3n) is 22.0. The second-order valence-electron chi connectivity index (χ2n) is 27.9. The Labute approximate surface area is 601 Å². The zero-order chi connectivity index (χ0) is 68.3. The van der Waals surface area contributed by atoms with E-state index in [-0.39, 0.29) is 18.4 Å². The summed E-state index contributed by atoms with van der Waals surface area (Å²) in [6.07, 6.45) is -0.545. The molecule has 0 bridgehead atoms. The number of hydrogen-bond donors (Lipinski definition) is 3. The summed E-state index contributed by atoms with van der Waals surface area (Å²) in [6.45, 7) is 0. The number of aromatic nitrogens is 2. The van der Waals surface area contributed by atoms with Crippen molar-refractivity contribution in [3.63, 3.8) is 0 Å². The third kappa shape index (κ3) is 9.75. The Bertz CT molecular complexity index is 6440. The van der Waals surface area contributed by atoms with Crippen molar-refractivity contribution >= 4 is 115 Å². The molecule has 17 aromatic carbocycles. The van der Waals surface area contributed by atoms with E-state index in [1.807, 2.05) is 0 Å². The van der Waals surface area contributed by atoms with Crippen LogP contribution in [0, 0.1) is 0 Å². The van der Waals surface area contributed by atoms with Gasteiger partial charge in [-0.05, 0) is 177 Å². The molecule has 0 fully saturated rings. The lowest BCUT2D eigenvalue weighted by Gasteiger charge is -2.38. The Morgan fingerprint density at radius 1 is 0.240 bits per heavy atom. The van der Waals surface area contributed by atoms with E-state index in [1.165, 1.54) is 103 Å². The Hall–Kier alpha value is -13.6. The van der Waals surface area contributed by atoms with E-state index in [9.17, 15) is 0 Å². The van der Waals surface area contributed by atoms with E-state index in [1.54, 1.807) is 0 Å². The van der Waals surface area contributed by atoms with E-state index in [2.05, 4.69) is 389 Å². The predicted octanol–water partition coefficient (Wildman–Crippen LogP) is 26.0. The highest BCUT2D eigenvalue weighted by atomic mass is 15.3. The SMILES string of the molecule is c1ccc(-c2cc(-c3ccccc3)cc(-c3ccc(C4=Nc5c(cccc5-c5ccc(-c6cccc(-c7ccc(C8Nc9ccccc9NC8n8c9ccc%10ccccc%10c9c9c%10ccccc%10ccc98)cc7)c6)cc5)NC4n4c5ccc6ccccc6c5c5c6ccccc6ccc54)cc3)c2)cc1. The summed E-state index contributed by atoms with van der Waals surface area (Å²) in [5.41, 5.74) is 25.7. The molecule has 0 amide bonds. The van der Waals surface area contributed by atoms with Crippen molar-refractivity contribution in [2.75, 3.05) is 16.0 Å². The van der Waals surface area contributed by atoms with Crippen LogP contribution in [0.25, 0.3) is 153 Å². The summed E-state index contributed by atoms with van der Waals surface area (Å²) in [5, 5.41) is 27.2. The van der Waals surface area contributed by atoms with Crippen LogP contribution in [0.4, 0.5) is 22.7 Å². The first-order valence-corrected chi connectivity index (χ1v) is 36.0. The van der Waals surface area contributed by atoms with Crippen molar-refractivity contribution in [3.8, 4) is 66.8 Å². The summed E-state index contributed by atoms with van der Waals surface area (Å²) >= 11 is 0. The lowest BCUT2D eigenvalue weighted by molar-refractivity contribution is 0.506. The van der Waals surface area contributed by atoms with Gasteiger partial charge in [0.25, 0.3) is 0 Å². The van der Waals surface area contributed by atoms with Crippen molar-refractivity contribution in [1.29, 1.82) is 0 Å². The average Bonchev–Trinajstić information content (AvgIpc) is 1.56. The van der Waals surface area contributed by atoms with Gasteiger partial charge >= 0.3 is 0 Å². The van der Waals surface area contributed by atoms with E-state index in [0.29, 0.717) is 0 Å². The van der Waals surface area contributed by atoms with Gasteiger partial charge in [-0.25, -0.2) is 4.99 Å². The van der Waals surface area contributed by atoms with Gasteiger partial charge in [0.05, 0.1) is 56.6 Å². The van der Waals surface area contributed by atoms with Crippen LogP contribution in [-0.2, 0) is 0 Å². The van der Waals surface area contributed by atoms with E-state index in [4.69, 9.17) is 4.99 Å². The molecule has 2 aliphatic rings. The molecule has 0 saturated carbocycles. The Kier molecular flexibility index (Phi) is 13.7. The van der Waals surface area contributed by atoms with Crippen molar-refractivity contribution < 1.29 is 0 Å². The smallest absolute Gasteiger partial charge is 0.148 e. The molecule has 2 aromatic heterocycles. The number of anilines is 3. The molecule has 3 atom stereocenters. The second-order valence-corrected chi connectivity index (χ2v) is 27.9. The Balaban J connectivity index is 0.640. The molecule has 4 heterocycles. The maximum Gasteiger partial charge on any atom is 0.148 e. The van der Waals surface area contributed by atoms with Gasteiger partial charge in [-0.15, -0.1) is 0 Å². The largest absolute Gasteiger partial charge is 0.373 e. The van der Waals surface area contributed by atoms with E-state index < -0.39 is 0 Å². The molecule has 21 rings (SSSR count). The van der Waals surface area contributed by atoms with Crippen LogP contribution in [0.2, 0.25) is 0 Å². The molecule has 3 unspecified atom stereocenters. The second kappa shape index (κ2) is 24.1. The Morgan fingerprint density at radius 2 is 0.596 bits per heavy atom. The number of aliphatic imine (C=N–C) groups is 1. The van der Waals surface area contributed by atoms with Gasteiger partial charge in [0.2, 0.25) is 0 Å². The number of fused-ring (bicyclic) bond motifs is 16. The zero-order valence-electron chi connectivity index (χ0n) is 56.7. The van der Waals surface area contributed by atoms with Crippen LogP contribution in [0.5, 0.6) is 0 Å². The maximum absolute atomic E-state index is 5.93. The highest BCUT2D eigenvalue weighted by Gasteiger charge is 2.35. The fourth-order valence-electron chi connectivity index (χ4n) is 17.1. The third-order valence-corrected chi connectivity index (χ3v) is 22.0. The Morgan fingerprint density at radius 3 is 1.09 bits per heavy atom. The molecule has 19 aromatic rings. The molecule has 6 nitrogen and oxygen atoms in total. The molecule has 0 saturated heterocycles. The fourth-order valence-corrected chi connectivity index (χ4v) is 17.1. The first-order chi connectivity index (χ1) is 51.5. The van der Waals surface area contributed by atoms with Gasteiger partial charge in [0, 0.05) is 32.7 Å². The fraction of sp³-hybridized carbons (Fsp3) is 0.0306. The number of benzene rings is 17. The lowest BCUT2D eigenvalue weighted by atomic mass is 9.92. The van der Waals surface area contributed by atoms with Crippen molar-refractivity contribution in [1.82, 2.24) is 9.13 Å². The van der Waals surface area contributed by atoms with Crippen molar-refractivity contribution in [2.24, 2.45) is 4.99 Å². The number of hydrogen-bond acceptors (Lipinski definition) is 4. The van der Waals surface area contributed by atoms with Gasteiger partial charge in [0.1, 0.15) is 12.3 Å². The monoisotopic (exact) mass is 1330 g/mol. The van der Waals surface area contributed by atoms with Crippen LogP contribution in [0.1, 0.15) is 29.5 Å². The molecule has 0 radical (unpaired) electrons. The summed E-state index contributed by atoms with van der Waals surface area (Å²) in [6, 6.07) is 133. The minimum Gasteiger partial charge on any atom is -0.373 e. The first kappa shape index (κ1) is 59.3. The molecule has 3 N–H and O–H groups in total. The van der Waals surface area contributed by atoms with Crippen molar-refractivity contribution in [3.05, 3.63) is 375 Å². The molecular formula is C98H66N6. The minimum atomic E-state index is -0.382. The average molecular weight is 1330 g/mol. The van der Waals surface area contributed by atoms with E-state index in [0.717, 1.165) is 89.6 Å². The standard InChI is InChI=1S/C98H66N6/c1-3-19-61(20-4-1)75-58-76(62-21-5-2-6-22-62)60-77(59-75)65-41-47-72(48-42-65)95-98(104-88-55-51-68-25-9-13-31-80(68)92(88)93-81-32-14-10-26-69(81)52-56-89(93)104)101-85-36-18-33-82(96(85)102-95)70-43-37-63(38-44-70)73-27-17-28-74(57-73)64-39-45-71(46-40-64)94-97(100-84-35-16-15-34-83(84)99-94)103-86-53-49-66-23-7-11-29-78(66)90(86)91-79-30-12-8-24-67(79)50-54-87(91)103/h1-60,94,97-101H. The van der Waals surface area contributed by atoms with Crippen molar-refractivity contribution in [2.45, 2.75) is 18.4 Å². The summed E-state index contributed by atoms with van der Waals surface area (Å²) < 4.78 is 5.06. The zero-order valence-corrected chi connectivity index (χ0v) is 56.7. The quantitative estimate of drug-likeness (QED) is 0.128. The summed E-state index contributed by atoms with van der Waals surface area (Å²) in [5.74, 6) is 0. The number of para-hydroxylation sites is 3. The van der Waals surface area contributed by atoms with Crippen LogP contribution < -0.4 is 16.0 Å². The lowest BCUT2D eigenvalue weighted by Crippen LogP contribution is -2.34. The maximum atomic E-state index is 5.93. The first-order valence-electron chi connectivity index (χ1n) is 36.0. The topological polar surface area (TPSA) is 58.3 Å². The number of nitrogens with one attached hydrogen (secondary N) is 3. The number of rotatable bonds is 10. The number of nitrogens with zero attached hydrogens (tertiary/aromatic N) is 3.